The van der Waals surface area contributed by atoms with Crippen LogP contribution in [-0.4, -0.2) is 11.6 Å². The quantitative estimate of drug-likeness (QED) is 0.664. The van der Waals surface area contributed by atoms with Gasteiger partial charge < -0.3 is 0 Å². The lowest BCUT2D eigenvalue weighted by Crippen LogP contribution is -2.30. The third-order valence-electron chi connectivity index (χ3n) is 6.02. The molecule has 124 valence electrons. The number of carbonyl (C=O) groups excluding carboxylic acids is 2. The van der Waals surface area contributed by atoms with Gasteiger partial charge in [-0.05, 0) is 35.4 Å². The number of fused-ring (bicyclic) bond motifs is 2. The standard InChI is InChI=1S/C22H24O2/c1-5-14(3)22(4,6-2)15-11-12-18-19(13-15)21(24)17-10-8-7-9-16(17)20(18)23/h7-14H,5-6H2,1-4H3. The summed E-state index contributed by atoms with van der Waals surface area (Å²) in [4.78, 5) is 25.6. The van der Waals surface area contributed by atoms with Crippen molar-refractivity contribution < 1.29 is 9.59 Å². The third kappa shape index (κ3) is 2.32. The highest BCUT2D eigenvalue weighted by atomic mass is 16.1. The Bertz CT molecular complexity index is 818. The zero-order valence-corrected chi connectivity index (χ0v) is 14.8. The zero-order valence-electron chi connectivity index (χ0n) is 14.8. The first-order valence-electron chi connectivity index (χ1n) is 8.77. The predicted molar refractivity (Wildman–Crippen MR) is 96.8 cm³/mol. The molecule has 2 aromatic rings. The van der Waals surface area contributed by atoms with Crippen LogP contribution in [-0.2, 0) is 5.41 Å². The second-order valence-electron chi connectivity index (χ2n) is 7.04. The molecule has 0 radical (unpaired) electrons. The predicted octanol–water partition coefficient (Wildman–Crippen LogP) is 5.18. The number of rotatable bonds is 4. The Kier molecular flexibility index (Phi) is 4.16. The van der Waals surface area contributed by atoms with Crippen LogP contribution < -0.4 is 0 Å². The minimum Gasteiger partial charge on any atom is -0.289 e. The van der Waals surface area contributed by atoms with Gasteiger partial charge >= 0.3 is 0 Å². The molecule has 0 fully saturated rings. The van der Waals surface area contributed by atoms with E-state index < -0.39 is 0 Å². The topological polar surface area (TPSA) is 34.1 Å². The van der Waals surface area contributed by atoms with E-state index in [0.717, 1.165) is 18.4 Å². The fraction of sp³-hybridized carbons (Fsp3) is 0.364. The summed E-state index contributed by atoms with van der Waals surface area (Å²) in [6.45, 7) is 8.90. The monoisotopic (exact) mass is 320 g/mol. The zero-order chi connectivity index (χ0) is 17.5. The van der Waals surface area contributed by atoms with Crippen LogP contribution in [0.25, 0.3) is 0 Å². The first kappa shape index (κ1) is 16.6. The van der Waals surface area contributed by atoms with E-state index in [-0.39, 0.29) is 17.0 Å². The summed E-state index contributed by atoms with van der Waals surface area (Å²) in [7, 11) is 0. The molecule has 0 heterocycles. The lowest BCUT2D eigenvalue weighted by Gasteiger charge is -2.36. The fourth-order valence-electron chi connectivity index (χ4n) is 3.74. The van der Waals surface area contributed by atoms with Crippen LogP contribution in [0.15, 0.2) is 42.5 Å². The van der Waals surface area contributed by atoms with Gasteiger partial charge in [0.1, 0.15) is 0 Å². The Morgan fingerprint density at radius 3 is 1.96 bits per heavy atom. The van der Waals surface area contributed by atoms with Crippen molar-refractivity contribution >= 4 is 11.6 Å². The number of benzene rings is 2. The summed E-state index contributed by atoms with van der Waals surface area (Å²) < 4.78 is 0. The summed E-state index contributed by atoms with van der Waals surface area (Å²) in [5, 5.41) is 0. The summed E-state index contributed by atoms with van der Waals surface area (Å²) >= 11 is 0. The van der Waals surface area contributed by atoms with Crippen molar-refractivity contribution in [2.24, 2.45) is 5.92 Å². The normalized spacial score (nSPS) is 17.0. The molecule has 0 saturated carbocycles. The van der Waals surface area contributed by atoms with Crippen LogP contribution in [0.5, 0.6) is 0 Å². The SMILES string of the molecule is CCC(C)C(C)(CC)c1ccc2c(c1)C(=O)c1ccccc1C2=O. The Labute approximate surface area is 143 Å². The maximum atomic E-state index is 12.9. The second kappa shape index (κ2) is 6.01. The minimum absolute atomic E-state index is 0.00404. The van der Waals surface area contributed by atoms with E-state index in [1.165, 1.54) is 0 Å². The van der Waals surface area contributed by atoms with Crippen molar-refractivity contribution in [2.45, 2.75) is 46.0 Å². The van der Waals surface area contributed by atoms with E-state index in [9.17, 15) is 9.59 Å². The molecule has 0 aliphatic heterocycles. The van der Waals surface area contributed by atoms with Gasteiger partial charge in [0.25, 0.3) is 0 Å². The molecule has 2 unspecified atom stereocenters. The molecule has 1 aliphatic rings. The van der Waals surface area contributed by atoms with Gasteiger partial charge in [-0.2, -0.15) is 0 Å². The van der Waals surface area contributed by atoms with Crippen LogP contribution in [0, 0.1) is 5.92 Å². The van der Waals surface area contributed by atoms with Crippen LogP contribution in [0.3, 0.4) is 0 Å². The molecular formula is C22H24O2. The van der Waals surface area contributed by atoms with Crippen molar-refractivity contribution in [2.75, 3.05) is 0 Å². The van der Waals surface area contributed by atoms with E-state index in [0.29, 0.717) is 28.2 Å². The van der Waals surface area contributed by atoms with Gasteiger partial charge in [0, 0.05) is 22.3 Å². The van der Waals surface area contributed by atoms with Crippen molar-refractivity contribution in [3.8, 4) is 0 Å². The maximum absolute atomic E-state index is 12.9. The van der Waals surface area contributed by atoms with E-state index in [1.807, 2.05) is 24.3 Å². The van der Waals surface area contributed by atoms with Crippen molar-refractivity contribution in [3.05, 3.63) is 70.3 Å². The molecular weight excluding hydrogens is 296 g/mol. The van der Waals surface area contributed by atoms with Gasteiger partial charge in [-0.1, -0.05) is 64.4 Å². The lowest BCUT2D eigenvalue weighted by atomic mass is 9.68. The number of ketones is 2. The number of carbonyl (C=O) groups is 2. The van der Waals surface area contributed by atoms with Crippen LogP contribution >= 0.6 is 0 Å². The molecule has 0 bridgehead atoms. The van der Waals surface area contributed by atoms with Crippen LogP contribution in [0.1, 0.15) is 77.9 Å². The number of hydrogen-bond acceptors (Lipinski definition) is 2. The Morgan fingerprint density at radius 2 is 1.42 bits per heavy atom. The molecule has 0 spiro atoms. The fourth-order valence-corrected chi connectivity index (χ4v) is 3.74. The largest absolute Gasteiger partial charge is 0.289 e. The van der Waals surface area contributed by atoms with Gasteiger partial charge in [0.2, 0.25) is 0 Å². The van der Waals surface area contributed by atoms with Gasteiger partial charge in [-0.3, -0.25) is 9.59 Å². The molecule has 2 atom stereocenters. The minimum atomic E-state index is -0.0477. The van der Waals surface area contributed by atoms with Crippen molar-refractivity contribution in [1.82, 2.24) is 0 Å². The maximum Gasteiger partial charge on any atom is 0.194 e. The molecule has 0 saturated heterocycles. The highest BCUT2D eigenvalue weighted by molar-refractivity contribution is 6.28. The van der Waals surface area contributed by atoms with Crippen molar-refractivity contribution in [1.29, 1.82) is 0 Å². The summed E-state index contributed by atoms with van der Waals surface area (Å²) in [6.07, 6.45) is 2.08. The molecule has 0 amide bonds. The van der Waals surface area contributed by atoms with E-state index in [2.05, 4.69) is 27.7 Å². The third-order valence-corrected chi connectivity index (χ3v) is 6.02. The summed E-state index contributed by atoms with van der Waals surface area (Å²) in [5.74, 6) is 0.417. The molecule has 24 heavy (non-hydrogen) atoms. The average Bonchev–Trinajstić information content (AvgIpc) is 2.64. The molecule has 1 aliphatic carbocycles. The molecule has 2 nitrogen and oxygen atoms in total. The number of hydrogen-bond donors (Lipinski definition) is 0. The molecule has 3 rings (SSSR count). The first-order valence-corrected chi connectivity index (χ1v) is 8.77. The van der Waals surface area contributed by atoms with Gasteiger partial charge in [-0.15, -0.1) is 0 Å². The Morgan fingerprint density at radius 1 is 0.875 bits per heavy atom. The molecule has 2 aromatic carbocycles. The van der Waals surface area contributed by atoms with Crippen molar-refractivity contribution in [3.63, 3.8) is 0 Å². The van der Waals surface area contributed by atoms with E-state index >= 15 is 0 Å². The summed E-state index contributed by atoms with van der Waals surface area (Å²) in [6, 6.07) is 12.9. The van der Waals surface area contributed by atoms with Gasteiger partial charge in [-0.25, -0.2) is 0 Å². The highest BCUT2D eigenvalue weighted by Gasteiger charge is 2.34. The first-order chi connectivity index (χ1) is 11.4. The lowest BCUT2D eigenvalue weighted by molar-refractivity contribution is 0.0979. The van der Waals surface area contributed by atoms with E-state index in [1.54, 1.807) is 18.2 Å². The smallest absolute Gasteiger partial charge is 0.194 e. The average molecular weight is 320 g/mol. The Hall–Kier alpha value is -2.22. The van der Waals surface area contributed by atoms with Gasteiger partial charge in [0.05, 0.1) is 0 Å². The second-order valence-corrected chi connectivity index (χ2v) is 7.04. The highest BCUT2D eigenvalue weighted by Crippen LogP contribution is 2.39. The molecule has 0 N–H and O–H groups in total. The molecule has 0 aromatic heterocycles. The molecule has 2 heteroatoms. The van der Waals surface area contributed by atoms with Crippen LogP contribution in [0.4, 0.5) is 0 Å². The van der Waals surface area contributed by atoms with Crippen LogP contribution in [0.2, 0.25) is 0 Å². The van der Waals surface area contributed by atoms with E-state index in [4.69, 9.17) is 0 Å². The Balaban J connectivity index is 2.15. The van der Waals surface area contributed by atoms with Gasteiger partial charge in [0.15, 0.2) is 11.6 Å². The summed E-state index contributed by atoms with van der Waals surface area (Å²) in [5.41, 5.74) is 3.28.